The number of hydrogen-bond acceptors (Lipinski definition) is 1. The average Bonchev–Trinajstić information content (AvgIpc) is 2.68. The average molecular weight is 315 g/mol. The van der Waals surface area contributed by atoms with E-state index in [0.29, 0.717) is 11.1 Å². The van der Waals surface area contributed by atoms with Gasteiger partial charge in [-0.2, -0.15) is 0 Å². The number of hydrogen-bond donors (Lipinski definition) is 0. The summed E-state index contributed by atoms with van der Waals surface area (Å²) >= 11 is 6.12. The van der Waals surface area contributed by atoms with Crippen molar-refractivity contribution in [2.24, 2.45) is 0 Å². The first kappa shape index (κ1) is 11.6. The molecule has 0 aliphatic heterocycles. The first-order valence-electron chi connectivity index (χ1n) is 6.07. The predicted octanol–water partition coefficient (Wildman–Crippen LogP) is 3.22. The molecule has 4 heteroatoms. The quantitative estimate of drug-likeness (QED) is 0.741. The molecule has 1 aromatic carbocycles. The fourth-order valence-corrected chi connectivity index (χ4v) is 5.11. The third kappa shape index (κ3) is 2.12. The molecule has 0 bridgehead atoms. The standard InChI is InChI=1S/C13H14ClNOSe/c14-9-6-7-12-11(8-9)13(16)15(17-12)10-4-2-1-3-5-10/h6-8,10H,1-5H2. The van der Waals surface area contributed by atoms with Gasteiger partial charge < -0.3 is 0 Å². The van der Waals surface area contributed by atoms with Gasteiger partial charge in [0.25, 0.3) is 0 Å². The van der Waals surface area contributed by atoms with Crippen molar-refractivity contribution in [1.82, 2.24) is 3.56 Å². The van der Waals surface area contributed by atoms with Crippen molar-refractivity contribution < 1.29 is 0 Å². The maximum absolute atomic E-state index is 12.3. The summed E-state index contributed by atoms with van der Waals surface area (Å²) in [5.74, 6) is 0. The number of benzene rings is 1. The van der Waals surface area contributed by atoms with E-state index in [1.165, 1.54) is 36.4 Å². The second kappa shape index (κ2) is 4.64. The fraction of sp³-hybridized carbons (Fsp3) is 0.462. The van der Waals surface area contributed by atoms with Gasteiger partial charge in [0.1, 0.15) is 0 Å². The van der Waals surface area contributed by atoms with Crippen LogP contribution in [0.25, 0.3) is 9.65 Å². The first-order valence-corrected chi connectivity index (χ1v) is 8.07. The van der Waals surface area contributed by atoms with Gasteiger partial charge in [-0.3, -0.25) is 0 Å². The van der Waals surface area contributed by atoms with E-state index in [9.17, 15) is 4.79 Å². The molecule has 1 aromatic heterocycles. The van der Waals surface area contributed by atoms with Gasteiger partial charge >= 0.3 is 111 Å². The van der Waals surface area contributed by atoms with Crippen molar-refractivity contribution in [1.29, 1.82) is 0 Å². The van der Waals surface area contributed by atoms with E-state index in [1.807, 2.05) is 18.2 Å². The van der Waals surface area contributed by atoms with Crippen LogP contribution in [0.4, 0.5) is 0 Å². The zero-order valence-corrected chi connectivity index (χ0v) is 12.0. The van der Waals surface area contributed by atoms with Crippen molar-refractivity contribution in [3.63, 3.8) is 0 Å². The van der Waals surface area contributed by atoms with Crippen molar-refractivity contribution in [2.75, 3.05) is 0 Å². The molecule has 0 saturated heterocycles. The summed E-state index contributed by atoms with van der Waals surface area (Å²) in [7, 11) is 0. The van der Waals surface area contributed by atoms with Crippen LogP contribution in [0.2, 0.25) is 5.02 Å². The summed E-state index contributed by atoms with van der Waals surface area (Å²) < 4.78 is 3.30. The van der Waals surface area contributed by atoms with Gasteiger partial charge in [-0.1, -0.05) is 0 Å². The molecule has 17 heavy (non-hydrogen) atoms. The Morgan fingerprint density at radius 3 is 2.76 bits per heavy atom. The molecule has 1 heterocycles. The van der Waals surface area contributed by atoms with Crippen LogP contribution < -0.4 is 5.56 Å². The van der Waals surface area contributed by atoms with Crippen LogP contribution in [-0.4, -0.2) is 18.3 Å². The first-order chi connectivity index (χ1) is 8.25. The van der Waals surface area contributed by atoms with Crippen LogP contribution in [0.15, 0.2) is 23.0 Å². The molecule has 90 valence electrons. The number of nitrogens with zero attached hydrogens (tertiary/aromatic N) is 1. The molecule has 2 nitrogen and oxygen atoms in total. The van der Waals surface area contributed by atoms with Gasteiger partial charge in [0.05, 0.1) is 0 Å². The number of aromatic nitrogens is 1. The van der Waals surface area contributed by atoms with Crippen LogP contribution in [0, 0.1) is 0 Å². The Morgan fingerprint density at radius 2 is 2.00 bits per heavy atom. The molecular weight excluding hydrogens is 301 g/mol. The predicted molar refractivity (Wildman–Crippen MR) is 72.3 cm³/mol. The van der Waals surface area contributed by atoms with Crippen molar-refractivity contribution in [2.45, 2.75) is 38.1 Å². The molecule has 0 radical (unpaired) electrons. The second-order valence-corrected chi connectivity index (χ2v) is 7.22. The number of rotatable bonds is 1. The Labute approximate surface area is 111 Å². The molecule has 0 unspecified atom stereocenters. The molecule has 0 spiro atoms. The van der Waals surface area contributed by atoms with Gasteiger partial charge in [0, 0.05) is 0 Å². The number of halogens is 1. The van der Waals surface area contributed by atoms with Crippen molar-refractivity contribution in [3.8, 4) is 0 Å². The van der Waals surface area contributed by atoms with Crippen LogP contribution in [0.3, 0.4) is 0 Å². The number of fused-ring (bicyclic) bond motifs is 1. The van der Waals surface area contributed by atoms with Crippen LogP contribution >= 0.6 is 11.6 Å². The Kier molecular flexibility index (Phi) is 3.16. The normalized spacial score (nSPS) is 17.7. The minimum absolute atomic E-state index is 0.166. The third-order valence-electron chi connectivity index (χ3n) is 3.48. The zero-order chi connectivity index (χ0) is 11.8. The molecule has 1 fully saturated rings. The van der Waals surface area contributed by atoms with Gasteiger partial charge in [-0.05, 0) is 0 Å². The molecule has 0 atom stereocenters. The van der Waals surface area contributed by atoms with E-state index in [-0.39, 0.29) is 20.3 Å². The summed E-state index contributed by atoms with van der Waals surface area (Å²) in [6, 6.07) is 6.20. The Balaban J connectivity index is 2.10. The summed E-state index contributed by atoms with van der Waals surface area (Å²) in [6.45, 7) is 0. The van der Waals surface area contributed by atoms with Gasteiger partial charge in [0.15, 0.2) is 0 Å². The van der Waals surface area contributed by atoms with Crippen molar-refractivity contribution in [3.05, 3.63) is 33.6 Å². The second-order valence-electron chi connectivity index (χ2n) is 4.65. The SMILES string of the molecule is O=c1c2cc(Cl)ccc2[se]n1C1CCCCC1. The summed E-state index contributed by atoms with van der Waals surface area (Å²) in [5.41, 5.74) is 0.203. The monoisotopic (exact) mass is 315 g/mol. The molecule has 0 N–H and O–H groups in total. The summed E-state index contributed by atoms with van der Waals surface area (Å²) in [5, 5.41) is 1.50. The molecular formula is C13H14ClNOSe. The molecule has 1 aliphatic carbocycles. The van der Waals surface area contributed by atoms with Gasteiger partial charge in [-0.15, -0.1) is 0 Å². The van der Waals surface area contributed by atoms with E-state index in [4.69, 9.17) is 11.6 Å². The topological polar surface area (TPSA) is 22.0 Å². The molecule has 0 amide bonds. The van der Waals surface area contributed by atoms with E-state index in [1.54, 1.807) is 0 Å². The molecule has 1 aliphatic rings. The van der Waals surface area contributed by atoms with Crippen LogP contribution in [0.1, 0.15) is 38.1 Å². The maximum atomic E-state index is 12.3. The van der Waals surface area contributed by atoms with E-state index in [2.05, 4.69) is 3.56 Å². The Hall–Kier alpha value is -0.501. The van der Waals surface area contributed by atoms with Crippen LogP contribution in [-0.2, 0) is 0 Å². The Bertz CT molecular complexity index is 595. The van der Waals surface area contributed by atoms with Gasteiger partial charge in [-0.25, -0.2) is 0 Å². The van der Waals surface area contributed by atoms with Crippen LogP contribution in [0.5, 0.6) is 0 Å². The van der Waals surface area contributed by atoms with E-state index < -0.39 is 0 Å². The molecule has 1 saturated carbocycles. The summed E-state index contributed by atoms with van der Waals surface area (Å²) in [6.07, 6.45) is 6.21. The minimum atomic E-state index is 0.166. The third-order valence-corrected chi connectivity index (χ3v) is 6.26. The fourth-order valence-electron chi connectivity index (χ4n) is 2.57. The van der Waals surface area contributed by atoms with Crippen molar-refractivity contribution >= 4 is 36.0 Å². The zero-order valence-electron chi connectivity index (χ0n) is 9.49. The van der Waals surface area contributed by atoms with E-state index in [0.717, 1.165) is 5.39 Å². The van der Waals surface area contributed by atoms with E-state index >= 15 is 0 Å². The Morgan fingerprint density at radius 1 is 1.24 bits per heavy atom. The molecule has 3 rings (SSSR count). The van der Waals surface area contributed by atoms with Gasteiger partial charge in [0.2, 0.25) is 0 Å². The molecule has 2 aromatic rings. The summed E-state index contributed by atoms with van der Waals surface area (Å²) in [4.78, 5) is 12.3.